The normalized spacial score (nSPS) is 12.3. The van der Waals surface area contributed by atoms with Gasteiger partial charge in [-0.2, -0.15) is 0 Å². The van der Waals surface area contributed by atoms with Crippen LogP contribution in [-0.2, 0) is 6.42 Å². The molecular weight excluding hydrogens is 334 g/mol. The third-order valence-electron chi connectivity index (χ3n) is 3.28. The van der Waals surface area contributed by atoms with E-state index in [9.17, 15) is 0 Å². The summed E-state index contributed by atoms with van der Waals surface area (Å²) in [7, 11) is 1.73. The second-order valence-corrected chi connectivity index (χ2v) is 6.56. The van der Waals surface area contributed by atoms with Gasteiger partial charge in [-0.25, -0.2) is 0 Å². The van der Waals surface area contributed by atoms with Crippen LogP contribution in [-0.4, -0.2) is 13.7 Å². The molecule has 0 amide bonds. The maximum absolute atomic E-state index is 5.52. The van der Waals surface area contributed by atoms with Gasteiger partial charge in [0.15, 0.2) is 0 Å². The van der Waals surface area contributed by atoms with E-state index in [0.29, 0.717) is 6.04 Å². The highest BCUT2D eigenvalue weighted by atomic mass is 79.9. The van der Waals surface area contributed by atoms with E-state index >= 15 is 0 Å². The molecule has 2 nitrogen and oxygen atoms in total. The molecule has 0 aliphatic heterocycles. The number of halogens is 1. The van der Waals surface area contributed by atoms with E-state index in [4.69, 9.17) is 4.74 Å². The van der Waals surface area contributed by atoms with Crippen molar-refractivity contribution in [3.8, 4) is 5.75 Å². The van der Waals surface area contributed by atoms with Crippen LogP contribution in [0.2, 0.25) is 0 Å². The average Bonchev–Trinajstić information content (AvgIpc) is 2.97. The van der Waals surface area contributed by atoms with Crippen LogP contribution in [0.25, 0.3) is 0 Å². The Balaban J connectivity index is 2.14. The number of methoxy groups -OCH3 is 1. The lowest BCUT2D eigenvalue weighted by Crippen LogP contribution is -2.22. The summed E-state index contributed by atoms with van der Waals surface area (Å²) < 4.78 is 6.57. The van der Waals surface area contributed by atoms with Crippen LogP contribution in [0.4, 0.5) is 0 Å². The predicted molar refractivity (Wildman–Crippen MR) is 89.8 cm³/mol. The minimum Gasteiger partial charge on any atom is -0.496 e. The molecule has 0 fully saturated rings. The molecule has 0 aliphatic carbocycles. The van der Waals surface area contributed by atoms with Crippen molar-refractivity contribution in [2.45, 2.75) is 25.8 Å². The number of ether oxygens (including phenoxy) is 1. The summed E-state index contributed by atoms with van der Waals surface area (Å²) in [4.78, 5) is 1.43. The Bertz CT molecular complexity index is 527. The molecule has 4 heteroatoms. The number of aryl methyl sites for hydroxylation is 1. The first-order chi connectivity index (χ1) is 9.74. The summed E-state index contributed by atoms with van der Waals surface area (Å²) in [5, 5.41) is 5.70. The van der Waals surface area contributed by atoms with Crippen molar-refractivity contribution < 1.29 is 4.74 Å². The zero-order chi connectivity index (χ0) is 14.4. The Labute approximate surface area is 133 Å². The van der Waals surface area contributed by atoms with Crippen molar-refractivity contribution in [2.75, 3.05) is 13.7 Å². The van der Waals surface area contributed by atoms with Crippen molar-refractivity contribution >= 4 is 27.3 Å². The molecule has 2 rings (SSSR count). The number of nitrogens with one attached hydrogen (secondary N) is 1. The highest BCUT2D eigenvalue weighted by Gasteiger charge is 2.15. The molecule has 108 valence electrons. The molecule has 0 saturated heterocycles. The number of hydrogen-bond acceptors (Lipinski definition) is 3. The average molecular weight is 354 g/mol. The molecule has 1 heterocycles. The second kappa shape index (κ2) is 7.81. The first-order valence-corrected chi connectivity index (χ1v) is 8.51. The first kappa shape index (κ1) is 15.5. The van der Waals surface area contributed by atoms with E-state index in [1.165, 1.54) is 10.4 Å². The van der Waals surface area contributed by atoms with Crippen LogP contribution in [0.3, 0.4) is 0 Å². The third kappa shape index (κ3) is 4.08. The molecule has 20 heavy (non-hydrogen) atoms. The number of thiophene rings is 1. The lowest BCUT2D eigenvalue weighted by Gasteiger charge is -2.20. The zero-order valence-electron chi connectivity index (χ0n) is 11.9. The molecule has 2 aromatic rings. The molecule has 1 N–H and O–H groups in total. The van der Waals surface area contributed by atoms with Crippen LogP contribution in [0.15, 0.2) is 40.2 Å². The molecule has 0 radical (unpaired) electrons. The fourth-order valence-corrected chi connectivity index (χ4v) is 3.39. The van der Waals surface area contributed by atoms with Crippen molar-refractivity contribution in [1.29, 1.82) is 0 Å². The largest absolute Gasteiger partial charge is 0.496 e. The Morgan fingerprint density at radius 2 is 2.20 bits per heavy atom. The Morgan fingerprint density at radius 3 is 2.85 bits per heavy atom. The smallest absolute Gasteiger partial charge is 0.124 e. The topological polar surface area (TPSA) is 21.3 Å². The van der Waals surface area contributed by atoms with Gasteiger partial charge in [0.2, 0.25) is 0 Å². The highest BCUT2D eigenvalue weighted by Crippen LogP contribution is 2.31. The molecule has 1 aromatic heterocycles. The van der Waals surface area contributed by atoms with Gasteiger partial charge in [0.25, 0.3) is 0 Å². The second-order valence-electron chi connectivity index (χ2n) is 4.61. The zero-order valence-corrected chi connectivity index (χ0v) is 14.3. The quantitative estimate of drug-likeness (QED) is 0.771. The van der Waals surface area contributed by atoms with Gasteiger partial charge >= 0.3 is 0 Å². The fraction of sp³-hybridized carbons (Fsp3) is 0.375. The minimum atomic E-state index is 0.324. The van der Waals surface area contributed by atoms with Gasteiger partial charge in [-0.15, -0.1) is 11.3 Å². The summed E-state index contributed by atoms with van der Waals surface area (Å²) in [5.74, 6) is 0.941. The van der Waals surface area contributed by atoms with Crippen molar-refractivity contribution in [3.63, 3.8) is 0 Å². The van der Waals surface area contributed by atoms with E-state index in [1.807, 2.05) is 17.4 Å². The molecule has 0 spiro atoms. The SMILES string of the molecule is CCNC(CCc1cccs1)c1ccc(Br)cc1OC. The Hall–Kier alpha value is -0.840. The van der Waals surface area contributed by atoms with E-state index < -0.39 is 0 Å². The molecule has 0 bridgehead atoms. The van der Waals surface area contributed by atoms with Gasteiger partial charge in [-0.3, -0.25) is 0 Å². The lowest BCUT2D eigenvalue weighted by molar-refractivity contribution is 0.396. The highest BCUT2D eigenvalue weighted by molar-refractivity contribution is 9.10. The van der Waals surface area contributed by atoms with Gasteiger partial charge in [0.1, 0.15) is 5.75 Å². The maximum Gasteiger partial charge on any atom is 0.124 e. The molecular formula is C16H20BrNOS. The van der Waals surface area contributed by atoms with E-state index in [0.717, 1.165) is 29.6 Å². The minimum absolute atomic E-state index is 0.324. The van der Waals surface area contributed by atoms with Gasteiger partial charge in [-0.1, -0.05) is 35.0 Å². The van der Waals surface area contributed by atoms with E-state index in [-0.39, 0.29) is 0 Å². The van der Waals surface area contributed by atoms with Crippen LogP contribution >= 0.6 is 27.3 Å². The third-order valence-corrected chi connectivity index (χ3v) is 4.71. The molecule has 1 atom stereocenters. The standard InChI is InChI=1S/C16H20BrNOS/c1-3-18-15(9-7-13-5-4-10-20-13)14-8-6-12(17)11-16(14)19-2/h4-6,8,10-11,15,18H,3,7,9H2,1-2H3. The lowest BCUT2D eigenvalue weighted by atomic mass is 10.0. The Morgan fingerprint density at radius 1 is 1.35 bits per heavy atom. The summed E-state index contributed by atoms with van der Waals surface area (Å²) in [6, 6.07) is 10.9. The van der Waals surface area contributed by atoms with Crippen LogP contribution < -0.4 is 10.1 Å². The monoisotopic (exact) mass is 353 g/mol. The number of rotatable bonds is 7. The van der Waals surface area contributed by atoms with Gasteiger partial charge < -0.3 is 10.1 Å². The van der Waals surface area contributed by atoms with Crippen molar-refractivity contribution in [3.05, 3.63) is 50.6 Å². The van der Waals surface area contributed by atoms with E-state index in [2.05, 4.69) is 57.8 Å². The van der Waals surface area contributed by atoms with Crippen LogP contribution in [0.5, 0.6) is 5.75 Å². The molecule has 1 aromatic carbocycles. The summed E-state index contributed by atoms with van der Waals surface area (Å²) in [5.41, 5.74) is 1.23. The summed E-state index contributed by atoms with van der Waals surface area (Å²) >= 11 is 5.32. The number of hydrogen-bond donors (Lipinski definition) is 1. The van der Waals surface area contributed by atoms with Gasteiger partial charge in [0, 0.05) is 21.0 Å². The van der Waals surface area contributed by atoms with Crippen molar-refractivity contribution in [2.24, 2.45) is 0 Å². The first-order valence-electron chi connectivity index (χ1n) is 6.83. The molecule has 0 saturated carbocycles. The molecule has 1 unspecified atom stereocenters. The number of benzene rings is 1. The predicted octanol–water partition coefficient (Wildman–Crippen LogP) is 4.80. The Kier molecular flexibility index (Phi) is 6.07. The fourth-order valence-electron chi connectivity index (χ4n) is 2.33. The van der Waals surface area contributed by atoms with Gasteiger partial charge in [0.05, 0.1) is 7.11 Å². The summed E-state index contributed by atoms with van der Waals surface area (Å²) in [6.45, 7) is 3.10. The van der Waals surface area contributed by atoms with Crippen LogP contribution in [0, 0.1) is 0 Å². The van der Waals surface area contributed by atoms with Gasteiger partial charge in [-0.05, 0) is 43.0 Å². The maximum atomic E-state index is 5.52. The van der Waals surface area contributed by atoms with Crippen LogP contribution in [0.1, 0.15) is 29.8 Å². The molecule has 0 aliphatic rings. The van der Waals surface area contributed by atoms with Crippen molar-refractivity contribution in [1.82, 2.24) is 5.32 Å². The van der Waals surface area contributed by atoms with E-state index in [1.54, 1.807) is 7.11 Å². The summed E-state index contributed by atoms with van der Waals surface area (Å²) in [6.07, 6.45) is 2.17.